The number of ether oxygens (including phenoxy) is 1. The van der Waals surface area contributed by atoms with Crippen LogP contribution in [0.1, 0.15) is 30.9 Å². The molecule has 1 amide bonds. The van der Waals surface area contributed by atoms with Gasteiger partial charge < -0.3 is 31.1 Å². The molecule has 236 valence electrons. The first kappa shape index (κ1) is 32.5. The summed E-state index contributed by atoms with van der Waals surface area (Å²) in [6.07, 6.45) is 3.95. The van der Waals surface area contributed by atoms with Crippen molar-refractivity contribution in [2.24, 2.45) is 0 Å². The largest absolute Gasteiger partial charge is 0.481 e. The summed E-state index contributed by atoms with van der Waals surface area (Å²) in [6, 6.07) is 12.5. The number of hydrogen-bond acceptors (Lipinski definition) is 9. The molecule has 0 radical (unpaired) electrons. The Kier molecular flexibility index (Phi) is 10.8. The van der Waals surface area contributed by atoms with Gasteiger partial charge in [0.15, 0.2) is 11.6 Å². The highest BCUT2D eigenvalue weighted by molar-refractivity contribution is 6.39. The monoisotopic (exact) mass is 653 g/mol. The van der Waals surface area contributed by atoms with Gasteiger partial charge in [-0.1, -0.05) is 41.4 Å². The van der Waals surface area contributed by atoms with E-state index in [9.17, 15) is 9.90 Å². The fourth-order valence-corrected chi connectivity index (χ4v) is 5.61. The minimum absolute atomic E-state index is 0.0112. The highest BCUT2D eigenvalue weighted by atomic mass is 35.5. The number of carbonyl (C=O) groups is 1. The zero-order valence-electron chi connectivity index (χ0n) is 24.8. The number of rotatable bonds is 13. The average Bonchev–Trinajstić information content (AvgIpc) is 3.45. The Hall–Kier alpha value is -3.87. The first-order valence-electron chi connectivity index (χ1n) is 14.5. The van der Waals surface area contributed by atoms with Crippen LogP contribution in [-0.4, -0.2) is 58.3 Å². The summed E-state index contributed by atoms with van der Waals surface area (Å²) in [5, 5.41) is 22.4. The Labute approximate surface area is 270 Å². The maximum Gasteiger partial charge on any atom is 0.220 e. The molecule has 0 unspecified atom stereocenters. The van der Waals surface area contributed by atoms with Crippen molar-refractivity contribution in [1.29, 1.82) is 0 Å². The van der Waals surface area contributed by atoms with Crippen molar-refractivity contribution in [3.63, 3.8) is 0 Å². The second-order valence-electron chi connectivity index (χ2n) is 10.7. The number of nitrogens with one attached hydrogen (secondary N) is 4. The lowest BCUT2D eigenvalue weighted by atomic mass is 10.1. The van der Waals surface area contributed by atoms with Gasteiger partial charge in [0, 0.05) is 73.3 Å². The molecule has 10 nitrogen and oxygen atoms in total. The number of anilines is 2. The van der Waals surface area contributed by atoms with Crippen LogP contribution < -0.4 is 26.0 Å². The molecule has 1 fully saturated rings. The third kappa shape index (κ3) is 7.86. The van der Waals surface area contributed by atoms with Crippen LogP contribution in [0.25, 0.3) is 22.5 Å². The number of halogens is 3. The minimum Gasteiger partial charge on any atom is -0.481 e. The van der Waals surface area contributed by atoms with Crippen LogP contribution in [0.5, 0.6) is 5.88 Å². The Balaban J connectivity index is 1.36. The summed E-state index contributed by atoms with van der Waals surface area (Å²) in [4.78, 5) is 24.8. The van der Waals surface area contributed by atoms with E-state index in [0.29, 0.717) is 70.7 Å². The lowest BCUT2D eigenvalue weighted by Gasteiger charge is -2.16. The molecule has 1 saturated heterocycles. The number of aliphatic hydroxyl groups excluding tert-OH is 1. The fourth-order valence-electron chi connectivity index (χ4n) is 5.03. The number of methoxy groups -OCH3 is 1. The van der Waals surface area contributed by atoms with E-state index >= 15 is 4.39 Å². The number of aliphatic hydroxyl groups is 1. The summed E-state index contributed by atoms with van der Waals surface area (Å²) in [7, 11) is 1.56. The maximum atomic E-state index is 15.2. The first-order valence-corrected chi connectivity index (χ1v) is 15.3. The lowest BCUT2D eigenvalue weighted by molar-refractivity contribution is -0.119. The summed E-state index contributed by atoms with van der Waals surface area (Å²) in [5.41, 5.74) is 3.86. The van der Waals surface area contributed by atoms with Gasteiger partial charge in [0.25, 0.3) is 0 Å². The van der Waals surface area contributed by atoms with E-state index in [-0.39, 0.29) is 29.3 Å². The van der Waals surface area contributed by atoms with E-state index in [1.165, 1.54) is 6.20 Å². The highest BCUT2D eigenvalue weighted by Gasteiger charge is 2.21. The highest BCUT2D eigenvalue weighted by Crippen LogP contribution is 2.40. The molecule has 0 bridgehead atoms. The normalized spacial score (nSPS) is 15.2. The molecule has 0 spiro atoms. The van der Waals surface area contributed by atoms with Crippen molar-refractivity contribution in [3.8, 4) is 28.4 Å². The van der Waals surface area contributed by atoms with Crippen molar-refractivity contribution in [3.05, 3.63) is 81.8 Å². The van der Waals surface area contributed by atoms with E-state index in [1.807, 2.05) is 12.1 Å². The third-order valence-electron chi connectivity index (χ3n) is 7.32. The molecule has 0 aliphatic carbocycles. The standard InChI is InChI=1S/C32H34Cl2FN7O3/c1-18(43)14-36-15-19-10-12-39-31(29(19)35)41-25-5-3-4-23(27(25)33)30-28(34)22(11-13-38-30)24-8-6-20(32(42-24)45-2)16-37-17-21-7-9-26(44)40-21/h3-6,8,10-13,18,21,36-37,43H,7,9,14-17H2,1-2H3,(H,39,41)(H,40,44)/t18-,21+/m1/s1. The van der Waals surface area contributed by atoms with Crippen molar-refractivity contribution >= 4 is 40.6 Å². The molecule has 5 rings (SSSR count). The predicted octanol–water partition coefficient (Wildman–Crippen LogP) is 5.24. The van der Waals surface area contributed by atoms with E-state index in [1.54, 1.807) is 50.6 Å². The zero-order chi connectivity index (χ0) is 31.9. The van der Waals surface area contributed by atoms with Crippen LogP contribution in [0.15, 0.2) is 54.9 Å². The third-order valence-corrected chi connectivity index (χ3v) is 8.11. The topological polar surface area (TPSA) is 133 Å². The lowest BCUT2D eigenvalue weighted by Crippen LogP contribution is -2.35. The van der Waals surface area contributed by atoms with Crippen LogP contribution in [0.3, 0.4) is 0 Å². The number of aromatic nitrogens is 3. The second-order valence-corrected chi connectivity index (χ2v) is 11.5. The summed E-state index contributed by atoms with van der Waals surface area (Å²) < 4.78 is 20.8. The molecule has 4 heterocycles. The summed E-state index contributed by atoms with van der Waals surface area (Å²) in [6.45, 7) is 3.38. The molecular formula is C32H34Cl2FN7O3. The Morgan fingerprint density at radius 2 is 1.84 bits per heavy atom. The van der Waals surface area contributed by atoms with Crippen LogP contribution in [-0.2, 0) is 17.9 Å². The molecular weight excluding hydrogens is 620 g/mol. The maximum absolute atomic E-state index is 15.2. The molecule has 1 aromatic carbocycles. The van der Waals surface area contributed by atoms with Gasteiger partial charge >= 0.3 is 0 Å². The predicted molar refractivity (Wildman–Crippen MR) is 173 cm³/mol. The van der Waals surface area contributed by atoms with Gasteiger partial charge in [0.1, 0.15) is 0 Å². The molecule has 45 heavy (non-hydrogen) atoms. The van der Waals surface area contributed by atoms with Crippen molar-refractivity contribution in [2.45, 2.75) is 45.0 Å². The van der Waals surface area contributed by atoms with Crippen LogP contribution in [0.4, 0.5) is 15.9 Å². The Morgan fingerprint density at radius 3 is 2.60 bits per heavy atom. The number of amides is 1. The molecule has 1 aliphatic heterocycles. The van der Waals surface area contributed by atoms with Gasteiger partial charge in [0.05, 0.1) is 40.3 Å². The van der Waals surface area contributed by atoms with Crippen LogP contribution in [0.2, 0.25) is 10.0 Å². The quantitative estimate of drug-likeness (QED) is 0.131. The second kappa shape index (κ2) is 14.9. The number of hydrogen-bond donors (Lipinski definition) is 5. The first-order chi connectivity index (χ1) is 21.7. The van der Waals surface area contributed by atoms with Gasteiger partial charge in [-0.25, -0.2) is 14.4 Å². The van der Waals surface area contributed by atoms with Crippen LogP contribution in [0, 0.1) is 5.82 Å². The molecule has 0 saturated carbocycles. The van der Waals surface area contributed by atoms with Gasteiger partial charge in [-0.3, -0.25) is 9.78 Å². The number of benzene rings is 1. The summed E-state index contributed by atoms with van der Waals surface area (Å²) >= 11 is 13.7. The average molecular weight is 655 g/mol. The molecule has 3 aromatic heterocycles. The van der Waals surface area contributed by atoms with E-state index in [2.05, 4.69) is 31.2 Å². The minimum atomic E-state index is -0.550. The molecule has 13 heteroatoms. The number of carbonyl (C=O) groups excluding carboxylic acids is 1. The number of nitrogens with zero attached hydrogens (tertiary/aromatic N) is 3. The van der Waals surface area contributed by atoms with Crippen molar-refractivity contribution in [2.75, 3.05) is 25.5 Å². The SMILES string of the molecule is COc1nc(-c2ccnc(-c3cccc(Nc4nccc(CNC[C@@H](C)O)c4F)c3Cl)c2Cl)ccc1CNC[C@@H]1CCC(=O)N1. The molecule has 1 aliphatic rings. The van der Waals surface area contributed by atoms with Gasteiger partial charge in [0.2, 0.25) is 11.8 Å². The van der Waals surface area contributed by atoms with Gasteiger partial charge in [-0.15, -0.1) is 0 Å². The van der Waals surface area contributed by atoms with Gasteiger partial charge in [-0.05, 0) is 37.6 Å². The smallest absolute Gasteiger partial charge is 0.220 e. The van der Waals surface area contributed by atoms with Gasteiger partial charge in [-0.2, -0.15) is 0 Å². The van der Waals surface area contributed by atoms with Crippen LogP contribution >= 0.6 is 23.2 Å². The van der Waals surface area contributed by atoms with Crippen molar-refractivity contribution in [1.82, 2.24) is 30.9 Å². The Bertz CT molecular complexity index is 1670. The van der Waals surface area contributed by atoms with Crippen molar-refractivity contribution < 1.29 is 19.0 Å². The van der Waals surface area contributed by atoms with E-state index in [0.717, 1.165) is 12.0 Å². The zero-order valence-corrected chi connectivity index (χ0v) is 26.3. The van der Waals surface area contributed by atoms with E-state index in [4.69, 9.17) is 32.9 Å². The molecule has 4 aromatic rings. The molecule has 2 atom stereocenters. The molecule has 5 N–H and O–H groups in total. The fraction of sp³-hybridized carbons (Fsp3) is 0.312. The number of pyridine rings is 3. The summed E-state index contributed by atoms with van der Waals surface area (Å²) in [5.74, 6) is 0.0148. The van der Waals surface area contributed by atoms with E-state index < -0.39 is 11.9 Å². The Morgan fingerprint density at radius 1 is 1.04 bits per heavy atom.